The van der Waals surface area contributed by atoms with Crippen LogP contribution in [-0.2, 0) is 4.79 Å². The summed E-state index contributed by atoms with van der Waals surface area (Å²) in [7, 11) is 0. The molecule has 0 unspecified atom stereocenters. The van der Waals surface area contributed by atoms with Crippen molar-refractivity contribution in [3.63, 3.8) is 0 Å². The number of hydrogen-bond acceptors (Lipinski definition) is 2. The number of ether oxygens (including phenoxy) is 1. The van der Waals surface area contributed by atoms with Gasteiger partial charge in [-0.25, -0.2) is 13.2 Å². The van der Waals surface area contributed by atoms with Gasteiger partial charge in [-0.15, -0.1) is 0 Å². The number of carbonyl (C=O) groups is 1. The maximum Gasteiger partial charge on any atom is 0.314 e. The van der Waals surface area contributed by atoms with Gasteiger partial charge in [0.2, 0.25) is 5.82 Å². The first-order valence-electron chi connectivity index (χ1n) is 10.6. The quantitative estimate of drug-likeness (QED) is 0.245. The number of esters is 1. The van der Waals surface area contributed by atoms with E-state index in [1.54, 1.807) is 42.5 Å². The number of aryl methyl sites for hydroxylation is 1. The monoisotopic (exact) mass is 442 g/mol. The molecule has 1 saturated carbocycles. The standard InChI is InChI=1S/C26H22F4O2/c1-15-7-12-19(23(28)22(15)27)17-8-10-18(11-9-17)26(31)32-21-14-13-20(24(29)25(21)30)16-5-3-2-4-6-16/h2-7,12-14,17-18H,8-11H2,1H3. The van der Waals surface area contributed by atoms with Crippen molar-refractivity contribution < 1.29 is 27.1 Å². The minimum Gasteiger partial charge on any atom is -0.423 e. The van der Waals surface area contributed by atoms with E-state index < -0.39 is 40.9 Å². The Hall–Kier alpha value is -3.15. The third kappa shape index (κ3) is 4.27. The fourth-order valence-electron chi connectivity index (χ4n) is 4.26. The normalized spacial score (nSPS) is 18.4. The molecule has 0 aromatic heterocycles. The lowest BCUT2D eigenvalue weighted by molar-refractivity contribution is -0.140. The van der Waals surface area contributed by atoms with E-state index in [-0.39, 0.29) is 17.0 Å². The molecule has 0 N–H and O–H groups in total. The molecule has 0 radical (unpaired) electrons. The number of rotatable bonds is 4. The van der Waals surface area contributed by atoms with Gasteiger partial charge in [0.25, 0.3) is 0 Å². The molecule has 3 aromatic rings. The van der Waals surface area contributed by atoms with Crippen LogP contribution in [0.1, 0.15) is 42.7 Å². The molecule has 1 aliphatic rings. The largest absolute Gasteiger partial charge is 0.423 e. The molecule has 166 valence electrons. The summed E-state index contributed by atoms with van der Waals surface area (Å²) in [6, 6.07) is 14.3. The third-order valence-electron chi connectivity index (χ3n) is 6.15. The Bertz CT molecular complexity index is 1140. The van der Waals surface area contributed by atoms with Gasteiger partial charge in [0.1, 0.15) is 0 Å². The minimum atomic E-state index is -1.22. The van der Waals surface area contributed by atoms with Crippen LogP contribution in [0.25, 0.3) is 11.1 Å². The van der Waals surface area contributed by atoms with Gasteiger partial charge in [0.05, 0.1) is 5.92 Å². The van der Waals surface area contributed by atoms with E-state index in [1.807, 2.05) is 0 Å². The predicted molar refractivity (Wildman–Crippen MR) is 113 cm³/mol. The van der Waals surface area contributed by atoms with Crippen molar-refractivity contribution in [1.82, 2.24) is 0 Å². The number of benzene rings is 3. The van der Waals surface area contributed by atoms with Gasteiger partial charge < -0.3 is 4.74 Å². The van der Waals surface area contributed by atoms with Crippen LogP contribution in [-0.4, -0.2) is 5.97 Å². The van der Waals surface area contributed by atoms with Gasteiger partial charge in [-0.2, -0.15) is 4.39 Å². The number of carbonyl (C=O) groups excluding carboxylic acids is 1. The zero-order valence-corrected chi connectivity index (χ0v) is 17.5. The molecular weight excluding hydrogens is 420 g/mol. The summed E-state index contributed by atoms with van der Waals surface area (Å²) in [5.41, 5.74) is 1.15. The smallest absolute Gasteiger partial charge is 0.314 e. The highest BCUT2D eigenvalue weighted by Gasteiger charge is 2.31. The van der Waals surface area contributed by atoms with E-state index in [2.05, 4.69) is 0 Å². The first-order chi connectivity index (χ1) is 15.4. The Kier molecular flexibility index (Phi) is 6.31. The molecule has 0 spiro atoms. The first kappa shape index (κ1) is 22.1. The topological polar surface area (TPSA) is 26.3 Å². The summed E-state index contributed by atoms with van der Waals surface area (Å²) in [6.45, 7) is 1.50. The number of halogens is 4. The van der Waals surface area contributed by atoms with Crippen LogP contribution in [0.5, 0.6) is 5.75 Å². The van der Waals surface area contributed by atoms with Gasteiger partial charge >= 0.3 is 5.97 Å². The van der Waals surface area contributed by atoms with Crippen LogP contribution >= 0.6 is 0 Å². The lowest BCUT2D eigenvalue weighted by atomic mass is 9.78. The van der Waals surface area contributed by atoms with Crippen molar-refractivity contribution in [2.75, 3.05) is 0 Å². The summed E-state index contributed by atoms with van der Waals surface area (Å²) >= 11 is 0. The fraction of sp³-hybridized carbons (Fsp3) is 0.269. The fourth-order valence-corrected chi connectivity index (χ4v) is 4.26. The Labute approximate surface area is 183 Å². The maximum absolute atomic E-state index is 14.5. The Morgan fingerprint density at radius 1 is 0.781 bits per heavy atom. The highest BCUT2D eigenvalue weighted by atomic mass is 19.2. The van der Waals surface area contributed by atoms with E-state index in [4.69, 9.17) is 4.74 Å². The molecule has 0 saturated heterocycles. The first-order valence-corrected chi connectivity index (χ1v) is 10.6. The summed E-state index contributed by atoms with van der Waals surface area (Å²) in [6.07, 6.45) is 1.74. The van der Waals surface area contributed by atoms with Gasteiger partial charge in [-0.05, 0) is 67.3 Å². The second-order valence-electron chi connectivity index (χ2n) is 8.17. The molecule has 2 nitrogen and oxygen atoms in total. The maximum atomic E-state index is 14.5. The lowest BCUT2D eigenvalue weighted by Gasteiger charge is -2.28. The van der Waals surface area contributed by atoms with Crippen LogP contribution in [0.15, 0.2) is 54.6 Å². The van der Waals surface area contributed by atoms with E-state index >= 15 is 0 Å². The van der Waals surface area contributed by atoms with Crippen molar-refractivity contribution in [2.45, 2.75) is 38.5 Å². The van der Waals surface area contributed by atoms with Crippen LogP contribution in [0.2, 0.25) is 0 Å². The Balaban J connectivity index is 1.42. The van der Waals surface area contributed by atoms with E-state index in [1.165, 1.54) is 19.1 Å². The highest BCUT2D eigenvalue weighted by Crippen LogP contribution is 2.38. The van der Waals surface area contributed by atoms with Gasteiger partial charge in [0.15, 0.2) is 23.2 Å². The molecule has 0 heterocycles. The molecule has 4 rings (SSSR count). The highest BCUT2D eigenvalue weighted by molar-refractivity contribution is 5.76. The average molecular weight is 442 g/mol. The van der Waals surface area contributed by atoms with Crippen LogP contribution in [0.3, 0.4) is 0 Å². The van der Waals surface area contributed by atoms with Crippen LogP contribution in [0.4, 0.5) is 17.6 Å². The van der Waals surface area contributed by atoms with E-state index in [9.17, 15) is 22.4 Å². The second-order valence-corrected chi connectivity index (χ2v) is 8.17. The molecule has 1 fully saturated rings. The predicted octanol–water partition coefficient (Wildman–Crippen LogP) is 7.10. The molecular formula is C26H22F4O2. The Morgan fingerprint density at radius 3 is 2.16 bits per heavy atom. The summed E-state index contributed by atoms with van der Waals surface area (Å²) < 4.78 is 62.4. The van der Waals surface area contributed by atoms with Crippen molar-refractivity contribution in [1.29, 1.82) is 0 Å². The average Bonchev–Trinajstić information content (AvgIpc) is 2.81. The van der Waals surface area contributed by atoms with Gasteiger partial charge in [-0.1, -0.05) is 42.5 Å². The molecule has 32 heavy (non-hydrogen) atoms. The van der Waals surface area contributed by atoms with Gasteiger partial charge in [0, 0.05) is 5.56 Å². The van der Waals surface area contributed by atoms with E-state index in [0.717, 1.165) is 0 Å². The van der Waals surface area contributed by atoms with E-state index in [0.29, 0.717) is 36.8 Å². The Morgan fingerprint density at radius 2 is 1.47 bits per heavy atom. The molecule has 3 aromatic carbocycles. The lowest BCUT2D eigenvalue weighted by Crippen LogP contribution is -2.26. The van der Waals surface area contributed by atoms with Gasteiger partial charge in [-0.3, -0.25) is 4.79 Å². The number of hydrogen-bond donors (Lipinski definition) is 0. The van der Waals surface area contributed by atoms with Crippen LogP contribution < -0.4 is 4.74 Å². The summed E-state index contributed by atoms with van der Waals surface area (Å²) in [5, 5.41) is 0. The summed E-state index contributed by atoms with van der Waals surface area (Å²) in [5.74, 6) is -5.81. The molecule has 0 aliphatic heterocycles. The van der Waals surface area contributed by atoms with Crippen molar-refractivity contribution in [3.05, 3.63) is 89.0 Å². The molecule has 6 heteroatoms. The third-order valence-corrected chi connectivity index (χ3v) is 6.15. The SMILES string of the molecule is Cc1ccc(C2CCC(C(=O)Oc3ccc(-c4ccccc4)c(F)c3F)CC2)c(F)c1F. The minimum absolute atomic E-state index is 0.0794. The second kappa shape index (κ2) is 9.15. The molecule has 0 atom stereocenters. The zero-order chi connectivity index (χ0) is 22.8. The van der Waals surface area contributed by atoms with Crippen molar-refractivity contribution in [2.24, 2.45) is 5.92 Å². The molecule has 1 aliphatic carbocycles. The summed E-state index contributed by atoms with van der Waals surface area (Å²) in [4.78, 5) is 12.5. The van der Waals surface area contributed by atoms with Crippen molar-refractivity contribution in [3.8, 4) is 16.9 Å². The molecule has 0 amide bonds. The van der Waals surface area contributed by atoms with Crippen molar-refractivity contribution >= 4 is 5.97 Å². The zero-order valence-electron chi connectivity index (χ0n) is 17.5. The van der Waals surface area contributed by atoms with Crippen LogP contribution in [0, 0.1) is 36.1 Å². The molecule has 0 bridgehead atoms.